The maximum absolute atomic E-state index is 12.5. The van der Waals surface area contributed by atoms with Crippen LogP contribution in [-0.4, -0.2) is 37.5 Å². The number of carbonyl (C=O) groups is 1. The van der Waals surface area contributed by atoms with Crippen LogP contribution in [0.4, 0.5) is 5.95 Å². The number of hydrogen-bond donors (Lipinski definition) is 2. The highest BCUT2D eigenvalue weighted by Gasteiger charge is 2.34. The van der Waals surface area contributed by atoms with Crippen molar-refractivity contribution in [2.45, 2.75) is 25.9 Å². The van der Waals surface area contributed by atoms with Crippen LogP contribution in [0.1, 0.15) is 30.3 Å². The highest BCUT2D eigenvalue weighted by atomic mass is 16.5. The summed E-state index contributed by atoms with van der Waals surface area (Å²) < 4.78 is 7.51. The Morgan fingerprint density at radius 2 is 2.38 bits per heavy atom. The summed E-state index contributed by atoms with van der Waals surface area (Å²) in [7, 11) is 1.82. The van der Waals surface area contributed by atoms with E-state index in [1.165, 1.54) is 0 Å². The molecule has 8 heteroatoms. The number of hydrogen-bond acceptors (Lipinski definition) is 5. The highest BCUT2D eigenvalue weighted by Crippen LogP contribution is 2.33. The van der Waals surface area contributed by atoms with Crippen LogP contribution >= 0.6 is 0 Å². The molecule has 0 radical (unpaired) electrons. The number of amides is 1. The minimum Gasteiger partial charge on any atom is -0.373 e. The molecule has 1 amide bonds. The van der Waals surface area contributed by atoms with Crippen molar-refractivity contribution in [2.24, 2.45) is 13.0 Å². The van der Waals surface area contributed by atoms with E-state index in [9.17, 15) is 4.79 Å². The maximum atomic E-state index is 12.5. The van der Waals surface area contributed by atoms with Crippen LogP contribution in [0.15, 0.2) is 12.4 Å². The molecule has 1 saturated heterocycles. The Kier molecular flexibility index (Phi) is 3.70. The number of H-pyrrole nitrogens is 1. The molecule has 1 fully saturated rings. The second kappa shape index (κ2) is 5.65. The summed E-state index contributed by atoms with van der Waals surface area (Å²) in [5.74, 6) is 0.843. The zero-order chi connectivity index (χ0) is 14.8. The average molecular weight is 290 g/mol. The Hall–Kier alpha value is -2.22. The molecule has 2 aromatic heterocycles. The number of rotatable bonds is 3. The largest absolute Gasteiger partial charge is 0.373 e. The summed E-state index contributed by atoms with van der Waals surface area (Å²) in [4.78, 5) is 12.5. The molecule has 0 saturated carbocycles. The lowest BCUT2D eigenvalue weighted by Crippen LogP contribution is -2.33. The number of aromatic amines is 1. The van der Waals surface area contributed by atoms with E-state index >= 15 is 0 Å². The number of anilines is 1. The van der Waals surface area contributed by atoms with Gasteiger partial charge in [-0.2, -0.15) is 5.10 Å². The second-order valence-corrected chi connectivity index (χ2v) is 5.19. The fourth-order valence-corrected chi connectivity index (χ4v) is 2.51. The third-order valence-electron chi connectivity index (χ3n) is 3.83. The van der Waals surface area contributed by atoms with Crippen LogP contribution in [0, 0.1) is 12.8 Å². The van der Waals surface area contributed by atoms with Crippen molar-refractivity contribution >= 4 is 11.9 Å². The van der Waals surface area contributed by atoms with Gasteiger partial charge in [-0.3, -0.25) is 15.2 Å². The van der Waals surface area contributed by atoms with Crippen LogP contribution in [-0.2, 0) is 16.6 Å². The number of nitrogens with one attached hydrogen (secondary N) is 2. The van der Waals surface area contributed by atoms with Crippen molar-refractivity contribution in [1.82, 2.24) is 25.0 Å². The average Bonchev–Trinajstić information content (AvgIpc) is 3.13. The summed E-state index contributed by atoms with van der Waals surface area (Å²) in [5, 5.41) is 17.4. The quantitative estimate of drug-likeness (QED) is 0.877. The zero-order valence-corrected chi connectivity index (χ0v) is 12.0. The number of aromatic nitrogens is 5. The lowest BCUT2D eigenvalue weighted by molar-refractivity contribution is -0.129. The molecular weight excluding hydrogens is 272 g/mol. The first kappa shape index (κ1) is 13.7. The minimum absolute atomic E-state index is 0.101. The molecule has 0 aromatic carbocycles. The van der Waals surface area contributed by atoms with E-state index in [4.69, 9.17) is 4.74 Å². The topological polar surface area (TPSA) is 97.7 Å². The van der Waals surface area contributed by atoms with Gasteiger partial charge >= 0.3 is 0 Å². The third-order valence-corrected chi connectivity index (χ3v) is 3.83. The molecule has 2 atom stereocenters. The first-order valence-electron chi connectivity index (χ1n) is 6.94. The molecule has 3 rings (SSSR count). The number of aryl methyl sites for hydroxylation is 1. The lowest BCUT2D eigenvalue weighted by atomic mass is 9.90. The minimum atomic E-state index is -0.271. The van der Waals surface area contributed by atoms with Gasteiger partial charge in [0.15, 0.2) is 0 Å². The molecule has 0 bridgehead atoms. The molecule has 21 heavy (non-hydrogen) atoms. The Bertz CT molecular complexity index is 621. The molecule has 1 aliphatic heterocycles. The second-order valence-electron chi connectivity index (χ2n) is 5.19. The zero-order valence-electron chi connectivity index (χ0n) is 12.0. The van der Waals surface area contributed by atoms with Crippen LogP contribution < -0.4 is 5.32 Å². The normalized spacial score (nSPS) is 22.2. The van der Waals surface area contributed by atoms with E-state index in [1.54, 1.807) is 17.0 Å². The van der Waals surface area contributed by atoms with Gasteiger partial charge in [-0.1, -0.05) is 0 Å². The Labute approximate surface area is 121 Å². The lowest BCUT2D eigenvalue weighted by Gasteiger charge is -2.29. The van der Waals surface area contributed by atoms with Gasteiger partial charge in [0.1, 0.15) is 5.82 Å². The van der Waals surface area contributed by atoms with E-state index < -0.39 is 0 Å². The Morgan fingerprint density at radius 1 is 1.52 bits per heavy atom. The molecule has 112 valence electrons. The van der Waals surface area contributed by atoms with Crippen molar-refractivity contribution in [3.05, 3.63) is 23.8 Å². The van der Waals surface area contributed by atoms with Crippen molar-refractivity contribution in [2.75, 3.05) is 11.9 Å². The number of ether oxygens (including phenoxy) is 1. The summed E-state index contributed by atoms with van der Waals surface area (Å²) in [5.41, 5.74) is 0.893. The van der Waals surface area contributed by atoms with Crippen LogP contribution in [0.5, 0.6) is 0 Å². The van der Waals surface area contributed by atoms with E-state index in [-0.39, 0.29) is 17.9 Å². The molecule has 8 nitrogen and oxygen atoms in total. The monoisotopic (exact) mass is 290 g/mol. The summed E-state index contributed by atoms with van der Waals surface area (Å²) in [6, 6.07) is 0. The molecule has 0 aliphatic carbocycles. The predicted molar refractivity (Wildman–Crippen MR) is 74.4 cm³/mol. The molecule has 2 aromatic rings. The van der Waals surface area contributed by atoms with Gasteiger partial charge in [0.05, 0.1) is 18.2 Å². The van der Waals surface area contributed by atoms with Gasteiger partial charge in [0, 0.05) is 25.4 Å². The van der Waals surface area contributed by atoms with Crippen molar-refractivity contribution in [3.8, 4) is 0 Å². The van der Waals surface area contributed by atoms with Gasteiger partial charge in [-0.25, -0.2) is 0 Å². The SMILES string of the molecule is Cc1nnc(NC(=O)[C@@H]2CCCO[C@H]2c2cn[nH]c2)n1C. The van der Waals surface area contributed by atoms with Crippen molar-refractivity contribution < 1.29 is 9.53 Å². The van der Waals surface area contributed by atoms with Gasteiger partial charge in [-0.15, -0.1) is 10.2 Å². The summed E-state index contributed by atoms with van der Waals surface area (Å²) >= 11 is 0. The first-order chi connectivity index (χ1) is 10.2. The van der Waals surface area contributed by atoms with Crippen molar-refractivity contribution in [1.29, 1.82) is 0 Å². The first-order valence-corrected chi connectivity index (χ1v) is 6.94. The van der Waals surface area contributed by atoms with Gasteiger partial charge < -0.3 is 9.30 Å². The van der Waals surface area contributed by atoms with E-state index in [2.05, 4.69) is 25.7 Å². The van der Waals surface area contributed by atoms with Gasteiger partial charge in [0.2, 0.25) is 11.9 Å². The third kappa shape index (κ3) is 2.66. The summed E-state index contributed by atoms with van der Waals surface area (Å²) in [6.07, 6.45) is 4.83. The highest BCUT2D eigenvalue weighted by molar-refractivity contribution is 5.91. The fourth-order valence-electron chi connectivity index (χ4n) is 2.51. The number of nitrogens with zero attached hydrogens (tertiary/aromatic N) is 4. The molecule has 2 N–H and O–H groups in total. The molecule has 0 unspecified atom stereocenters. The molecular formula is C13H18N6O2. The van der Waals surface area contributed by atoms with E-state index in [0.29, 0.717) is 12.6 Å². The summed E-state index contributed by atoms with van der Waals surface area (Å²) in [6.45, 7) is 2.49. The van der Waals surface area contributed by atoms with Crippen molar-refractivity contribution in [3.63, 3.8) is 0 Å². The van der Waals surface area contributed by atoms with E-state index in [1.807, 2.05) is 14.0 Å². The fraction of sp³-hybridized carbons (Fsp3) is 0.538. The molecule has 1 aliphatic rings. The van der Waals surface area contributed by atoms with E-state index in [0.717, 1.165) is 24.2 Å². The van der Waals surface area contributed by atoms with Crippen LogP contribution in [0.3, 0.4) is 0 Å². The van der Waals surface area contributed by atoms with Gasteiger partial charge in [-0.05, 0) is 19.8 Å². The van der Waals surface area contributed by atoms with Crippen LogP contribution in [0.25, 0.3) is 0 Å². The number of carbonyl (C=O) groups excluding carboxylic acids is 1. The van der Waals surface area contributed by atoms with Crippen LogP contribution in [0.2, 0.25) is 0 Å². The molecule has 3 heterocycles. The smallest absolute Gasteiger partial charge is 0.232 e. The predicted octanol–water partition coefficient (Wildman–Crippen LogP) is 0.953. The maximum Gasteiger partial charge on any atom is 0.232 e. The standard InChI is InChI=1S/C13H18N6O2/c1-8-17-18-13(19(8)2)16-12(20)10-4-3-5-21-11(10)9-6-14-15-7-9/h6-7,10-11H,3-5H2,1-2H3,(H,14,15)(H,16,18,20)/t10-,11+/m1/s1. The van der Waals surface area contributed by atoms with Gasteiger partial charge in [0.25, 0.3) is 0 Å². The Morgan fingerprint density at radius 3 is 3.05 bits per heavy atom. The Balaban J connectivity index is 1.77. The molecule has 0 spiro atoms.